The summed E-state index contributed by atoms with van der Waals surface area (Å²) in [7, 11) is 3.92. The van der Waals surface area contributed by atoms with Crippen LogP contribution < -0.4 is 0 Å². The van der Waals surface area contributed by atoms with Gasteiger partial charge in [-0.25, -0.2) is 0 Å². The third-order valence-corrected chi connectivity index (χ3v) is 6.25. The molecule has 1 saturated carbocycles. The van der Waals surface area contributed by atoms with Crippen molar-refractivity contribution < 1.29 is 9.90 Å². The highest BCUT2D eigenvalue weighted by atomic mass is 16.3. The molecule has 1 aliphatic rings. The Morgan fingerprint density at radius 1 is 1.28 bits per heavy atom. The molecule has 4 nitrogen and oxygen atoms in total. The van der Waals surface area contributed by atoms with Crippen LogP contribution in [0, 0.1) is 0 Å². The van der Waals surface area contributed by atoms with E-state index < -0.39 is 5.60 Å². The molecule has 4 rings (SSSR count). The summed E-state index contributed by atoms with van der Waals surface area (Å²) in [4.78, 5) is 14.9. The molecule has 0 radical (unpaired) electrons. The van der Waals surface area contributed by atoms with E-state index in [1.807, 2.05) is 56.1 Å². The van der Waals surface area contributed by atoms with Crippen molar-refractivity contribution in [2.24, 2.45) is 7.05 Å². The van der Waals surface area contributed by atoms with Crippen LogP contribution in [0.1, 0.15) is 49.9 Å². The number of rotatable bonds is 3. The molecular formula is C25H32N2O2. The van der Waals surface area contributed by atoms with Crippen molar-refractivity contribution in [3.8, 4) is 0 Å². The summed E-state index contributed by atoms with van der Waals surface area (Å²) >= 11 is 0. The SMILES string of the molecule is C=CC.CCC1(O)CCC(N(C)C(=O)c2ccc3c(c2)c2ccccc2n3C)C1. The van der Waals surface area contributed by atoms with E-state index in [2.05, 4.69) is 30.3 Å². The predicted molar refractivity (Wildman–Crippen MR) is 121 cm³/mol. The predicted octanol–water partition coefficient (Wildman–Crippen LogP) is 5.29. The van der Waals surface area contributed by atoms with Crippen LogP contribution in [0.4, 0.5) is 0 Å². The second-order valence-corrected chi connectivity index (χ2v) is 8.11. The number of hydrogen-bond acceptors (Lipinski definition) is 2. The van der Waals surface area contributed by atoms with Crippen molar-refractivity contribution in [2.45, 2.75) is 51.2 Å². The monoisotopic (exact) mass is 392 g/mol. The molecule has 3 aromatic rings. The third kappa shape index (κ3) is 3.95. The summed E-state index contributed by atoms with van der Waals surface area (Å²) in [6.45, 7) is 7.26. The molecule has 0 spiro atoms. The highest BCUT2D eigenvalue weighted by Gasteiger charge is 2.38. The molecule has 2 unspecified atom stereocenters. The number of carbonyl (C=O) groups excluding carboxylic acids is 1. The van der Waals surface area contributed by atoms with Gasteiger partial charge in [0.15, 0.2) is 0 Å². The number of aliphatic hydroxyl groups is 1. The summed E-state index contributed by atoms with van der Waals surface area (Å²) in [5.41, 5.74) is 2.40. The first kappa shape index (κ1) is 21.1. The van der Waals surface area contributed by atoms with Crippen molar-refractivity contribution in [1.29, 1.82) is 0 Å². The van der Waals surface area contributed by atoms with Crippen LogP contribution >= 0.6 is 0 Å². The fraction of sp³-hybridized carbons (Fsp3) is 0.400. The van der Waals surface area contributed by atoms with E-state index in [4.69, 9.17) is 0 Å². The van der Waals surface area contributed by atoms with E-state index in [9.17, 15) is 9.90 Å². The molecule has 1 aromatic heterocycles. The fourth-order valence-electron chi connectivity index (χ4n) is 4.40. The number of para-hydroxylation sites is 1. The number of fused-ring (bicyclic) bond motifs is 3. The minimum atomic E-state index is -0.612. The normalized spacial score (nSPS) is 21.1. The van der Waals surface area contributed by atoms with E-state index >= 15 is 0 Å². The lowest BCUT2D eigenvalue weighted by Crippen LogP contribution is -2.37. The number of benzene rings is 2. The lowest BCUT2D eigenvalue weighted by atomic mass is 9.99. The molecule has 1 N–H and O–H groups in total. The Hall–Kier alpha value is -2.59. The van der Waals surface area contributed by atoms with E-state index in [0.717, 1.165) is 30.2 Å². The van der Waals surface area contributed by atoms with Crippen LogP contribution in [0.5, 0.6) is 0 Å². The zero-order chi connectivity index (χ0) is 21.2. The zero-order valence-corrected chi connectivity index (χ0v) is 18.0. The Balaban J connectivity index is 0.000000755. The van der Waals surface area contributed by atoms with Gasteiger partial charge < -0.3 is 14.6 Å². The molecule has 0 bridgehead atoms. The van der Waals surface area contributed by atoms with Gasteiger partial charge in [-0.2, -0.15) is 0 Å². The van der Waals surface area contributed by atoms with Crippen LogP contribution in [0.3, 0.4) is 0 Å². The highest BCUT2D eigenvalue weighted by Crippen LogP contribution is 2.35. The minimum absolute atomic E-state index is 0.0326. The molecular weight excluding hydrogens is 360 g/mol. The summed E-state index contributed by atoms with van der Waals surface area (Å²) in [6, 6.07) is 14.4. The first-order chi connectivity index (χ1) is 13.8. The molecule has 1 amide bonds. The van der Waals surface area contributed by atoms with Gasteiger partial charge in [-0.1, -0.05) is 31.2 Å². The first-order valence-corrected chi connectivity index (χ1v) is 10.4. The zero-order valence-electron chi connectivity index (χ0n) is 18.0. The van der Waals surface area contributed by atoms with Gasteiger partial charge in [0.25, 0.3) is 5.91 Å². The molecule has 2 aromatic carbocycles. The lowest BCUT2D eigenvalue weighted by molar-refractivity contribution is 0.0348. The van der Waals surface area contributed by atoms with Gasteiger partial charge in [0, 0.05) is 47.5 Å². The Labute approximate surface area is 173 Å². The second kappa shape index (κ2) is 8.42. The average molecular weight is 393 g/mol. The van der Waals surface area contributed by atoms with Crippen molar-refractivity contribution in [2.75, 3.05) is 7.05 Å². The van der Waals surface area contributed by atoms with Gasteiger partial charge in [-0.3, -0.25) is 4.79 Å². The van der Waals surface area contributed by atoms with E-state index in [0.29, 0.717) is 12.0 Å². The number of aromatic nitrogens is 1. The molecule has 0 saturated heterocycles. The van der Waals surface area contributed by atoms with Gasteiger partial charge in [0.1, 0.15) is 0 Å². The summed E-state index contributed by atoms with van der Waals surface area (Å²) in [5, 5.41) is 12.8. The molecule has 0 aliphatic heterocycles. The number of allylic oxidation sites excluding steroid dienone is 1. The summed E-state index contributed by atoms with van der Waals surface area (Å²) in [6.07, 6.45) is 4.80. The quantitative estimate of drug-likeness (QED) is 0.616. The number of aryl methyl sites for hydroxylation is 1. The minimum Gasteiger partial charge on any atom is -0.390 e. The maximum absolute atomic E-state index is 13.1. The Bertz CT molecular complexity index is 1040. The highest BCUT2D eigenvalue weighted by molar-refractivity contribution is 6.10. The fourth-order valence-corrected chi connectivity index (χ4v) is 4.40. The standard InChI is InChI=1S/C22H26N2O2.C3H6/c1-4-22(26)12-11-16(14-22)23(2)21(25)15-9-10-20-18(13-15)17-7-5-6-8-19(17)24(20)3;1-3-2/h5-10,13,16,26H,4,11-12,14H2,1-3H3;3H,1H2,2H3. The van der Waals surface area contributed by atoms with E-state index in [1.165, 1.54) is 10.9 Å². The van der Waals surface area contributed by atoms with Gasteiger partial charge >= 0.3 is 0 Å². The Kier molecular flexibility index (Phi) is 6.13. The van der Waals surface area contributed by atoms with Crippen LogP contribution in [-0.4, -0.2) is 39.2 Å². The maximum atomic E-state index is 13.1. The second-order valence-electron chi connectivity index (χ2n) is 8.11. The molecule has 1 aliphatic carbocycles. The number of amides is 1. The molecule has 4 heteroatoms. The van der Waals surface area contributed by atoms with Crippen molar-refractivity contribution >= 4 is 27.7 Å². The van der Waals surface area contributed by atoms with E-state index in [1.54, 1.807) is 6.08 Å². The van der Waals surface area contributed by atoms with Crippen LogP contribution in [-0.2, 0) is 7.05 Å². The molecule has 1 fully saturated rings. The average Bonchev–Trinajstić information content (AvgIpc) is 3.27. The van der Waals surface area contributed by atoms with E-state index in [-0.39, 0.29) is 11.9 Å². The van der Waals surface area contributed by atoms with Crippen LogP contribution in [0.15, 0.2) is 55.1 Å². The van der Waals surface area contributed by atoms with Crippen LogP contribution in [0.2, 0.25) is 0 Å². The lowest BCUT2D eigenvalue weighted by Gasteiger charge is -2.27. The first-order valence-electron chi connectivity index (χ1n) is 10.4. The molecule has 1 heterocycles. The van der Waals surface area contributed by atoms with Crippen molar-refractivity contribution in [3.05, 3.63) is 60.7 Å². The Morgan fingerprint density at radius 3 is 2.59 bits per heavy atom. The third-order valence-electron chi connectivity index (χ3n) is 6.25. The van der Waals surface area contributed by atoms with Gasteiger partial charge in [-0.05, 0) is 56.9 Å². The van der Waals surface area contributed by atoms with Crippen molar-refractivity contribution in [1.82, 2.24) is 9.47 Å². The smallest absolute Gasteiger partial charge is 0.253 e. The number of nitrogens with zero attached hydrogens (tertiary/aromatic N) is 2. The Morgan fingerprint density at radius 2 is 1.93 bits per heavy atom. The molecule has 29 heavy (non-hydrogen) atoms. The van der Waals surface area contributed by atoms with Gasteiger partial charge in [0.05, 0.1) is 5.60 Å². The molecule has 2 atom stereocenters. The van der Waals surface area contributed by atoms with Gasteiger partial charge in [0.2, 0.25) is 0 Å². The van der Waals surface area contributed by atoms with Crippen molar-refractivity contribution in [3.63, 3.8) is 0 Å². The number of carbonyl (C=O) groups is 1. The van der Waals surface area contributed by atoms with Gasteiger partial charge in [-0.15, -0.1) is 6.58 Å². The molecule has 154 valence electrons. The maximum Gasteiger partial charge on any atom is 0.253 e. The number of hydrogen-bond donors (Lipinski definition) is 1. The topological polar surface area (TPSA) is 45.5 Å². The van der Waals surface area contributed by atoms with Crippen LogP contribution in [0.25, 0.3) is 21.8 Å². The summed E-state index contributed by atoms with van der Waals surface area (Å²) in [5.74, 6) is 0.0326. The summed E-state index contributed by atoms with van der Waals surface area (Å²) < 4.78 is 2.17. The largest absolute Gasteiger partial charge is 0.390 e.